The van der Waals surface area contributed by atoms with Crippen LogP contribution in [-0.4, -0.2) is 30.6 Å². The molecule has 22 heavy (non-hydrogen) atoms. The number of hydrogen-bond acceptors (Lipinski definition) is 4. The summed E-state index contributed by atoms with van der Waals surface area (Å²) in [6.45, 7) is 4.52. The van der Waals surface area contributed by atoms with Crippen LogP contribution in [0.5, 0.6) is 0 Å². The van der Waals surface area contributed by atoms with E-state index in [0.717, 1.165) is 37.9 Å². The molecule has 0 heterocycles. The number of anilines is 1. The fraction of sp³-hybridized carbons (Fsp3) is 0.529. The van der Waals surface area contributed by atoms with Crippen LogP contribution in [0.15, 0.2) is 24.3 Å². The Kier molecular flexibility index (Phi) is 5.81. The van der Waals surface area contributed by atoms with Crippen molar-refractivity contribution in [1.29, 1.82) is 0 Å². The molecule has 5 heteroatoms. The summed E-state index contributed by atoms with van der Waals surface area (Å²) in [6.07, 6.45) is 3.35. The summed E-state index contributed by atoms with van der Waals surface area (Å²) in [7, 11) is 0. The predicted molar refractivity (Wildman–Crippen MR) is 85.9 cm³/mol. The van der Waals surface area contributed by atoms with Crippen LogP contribution < -0.4 is 10.6 Å². The molecule has 5 nitrogen and oxygen atoms in total. The Bertz CT molecular complexity index is 526. The topological polar surface area (TPSA) is 67.4 Å². The van der Waals surface area contributed by atoms with E-state index < -0.39 is 12.1 Å². The SMILES string of the molecule is CCCCNc1ccccc1C(=O)O[C@H](C)C(=O)NC1CC1. The lowest BCUT2D eigenvalue weighted by molar-refractivity contribution is -0.129. The van der Waals surface area contributed by atoms with Gasteiger partial charge in [0.15, 0.2) is 6.10 Å². The minimum atomic E-state index is -0.781. The summed E-state index contributed by atoms with van der Waals surface area (Å²) in [6, 6.07) is 7.48. The molecule has 1 atom stereocenters. The van der Waals surface area contributed by atoms with Gasteiger partial charge in [-0.05, 0) is 38.3 Å². The quantitative estimate of drug-likeness (QED) is 0.572. The van der Waals surface area contributed by atoms with Crippen LogP contribution >= 0.6 is 0 Å². The van der Waals surface area contributed by atoms with Crippen molar-refractivity contribution in [3.63, 3.8) is 0 Å². The molecular weight excluding hydrogens is 280 g/mol. The third kappa shape index (κ3) is 4.76. The molecule has 1 amide bonds. The number of rotatable bonds is 8. The second-order valence-corrected chi connectivity index (χ2v) is 5.66. The van der Waals surface area contributed by atoms with E-state index in [1.54, 1.807) is 19.1 Å². The first kappa shape index (κ1) is 16.3. The van der Waals surface area contributed by atoms with Crippen LogP contribution in [0.3, 0.4) is 0 Å². The van der Waals surface area contributed by atoms with E-state index in [2.05, 4.69) is 17.6 Å². The van der Waals surface area contributed by atoms with Gasteiger partial charge in [0.25, 0.3) is 5.91 Å². The number of carbonyl (C=O) groups is 2. The van der Waals surface area contributed by atoms with E-state index in [4.69, 9.17) is 4.74 Å². The minimum absolute atomic E-state index is 0.229. The largest absolute Gasteiger partial charge is 0.449 e. The van der Waals surface area contributed by atoms with Crippen molar-refractivity contribution in [3.8, 4) is 0 Å². The van der Waals surface area contributed by atoms with Gasteiger partial charge in [-0.2, -0.15) is 0 Å². The maximum absolute atomic E-state index is 12.3. The Morgan fingerprint density at radius 1 is 1.32 bits per heavy atom. The van der Waals surface area contributed by atoms with Crippen molar-refractivity contribution in [2.45, 2.75) is 51.7 Å². The molecule has 1 aromatic carbocycles. The first-order chi connectivity index (χ1) is 10.6. The van der Waals surface area contributed by atoms with Crippen LogP contribution in [0, 0.1) is 0 Å². The van der Waals surface area contributed by atoms with Gasteiger partial charge in [-0.25, -0.2) is 4.79 Å². The van der Waals surface area contributed by atoms with Gasteiger partial charge in [-0.3, -0.25) is 4.79 Å². The molecule has 1 aliphatic rings. The molecule has 0 aliphatic heterocycles. The Labute approximate surface area is 131 Å². The Morgan fingerprint density at radius 2 is 2.05 bits per heavy atom. The third-order valence-electron chi connectivity index (χ3n) is 3.57. The summed E-state index contributed by atoms with van der Waals surface area (Å²) in [5.74, 6) is -0.703. The van der Waals surface area contributed by atoms with Crippen LogP contribution in [0.1, 0.15) is 49.9 Å². The molecule has 0 radical (unpaired) electrons. The summed E-state index contributed by atoms with van der Waals surface area (Å²) < 4.78 is 5.28. The predicted octanol–water partition coefficient (Wildman–Crippen LogP) is 2.72. The first-order valence-corrected chi connectivity index (χ1v) is 7.96. The van der Waals surface area contributed by atoms with Crippen LogP contribution in [0.25, 0.3) is 0 Å². The number of esters is 1. The van der Waals surface area contributed by atoms with E-state index in [9.17, 15) is 9.59 Å². The second-order valence-electron chi connectivity index (χ2n) is 5.66. The van der Waals surface area contributed by atoms with Crippen molar-refractivity contribution in [1.82, 2.24) is 5.32 Å². The highest BCUT2D eigenvalue weighted by molar-refractivity contribution is 5.97. The van der Waals surface area contributed by atoms with E-state index in [1.807, 2.05) is 12.1 Å². The number of amides is 1. The highest BCUT2D eigenvalue weighted by atomic mass is 16.5. The molecule has 1 saturated carbocycles. The van der Waals surface area contributed by atoms with Crippen molar-refractivity contribution in [3.05, 3.63) is 29.8 Å². The molecule has 1 fully saturated rings. The fourth-order valence-electron chi connectivity index (χ4n) is 2.04. The number of ether oxygens (including phenoxy) is 1. The maximum Gasteiger partial charge on any atom is 0.341 e. The van der Waals surface area contributed by atoms with Gasteiger partial charge in [-0.1, -0.05) is 25.5 Å². The lowest BCUT2D eigenvalue weighted by atomic mass is 10.1. The lowest BCUT2D eigenvalue weighted by Crippen LogP contribution is -2.37. The van der Waals surface area contributed by atoms with Crippen molar-refractivity contribution >= 4 is 17.6 Å². The zero-order valence-corrected chi connectivity index (χ0v) is 13.2. The smallest absolute Gasteiger partial charge is 0.341 e. The van der Waals surface area contributed by atoms with Crippen molar-refractivity contribution in [2.75, 3.05) is 11.9 Å². The molecule has 2 N–H and O–H groups in total. The van der Waals surface area contributed by atoms with Gasteiger partial charge in [0.05, 0.1) is 5.56 Å². The number of hydrogen-bond donors (Lipinski definition) is 2. The molecule has 1 aromatic rings. The number of benzene rings is 1. The molecular formula is C17H24N2O3. The zero-order chi connectivity index (χ0) is 15.9. The number of carbonyl (C=O) groups excluding carboxylic acids is 2. The summed E-state index contributed by atoms with van der Waals surface area (Å²) in [4.78, 5) is 24.1. The minimum Gasteiger partial charge on any atom is -0.449 e. The average molecular weight is 304 g/mol. The van der Waals surface area contributed by atoms with Gasteiger partial charge in [0, 0.05) is 18.3 Å². The molecule has 0 bridgehead atoms. The highest BCUT2D eigenvalue weighted by Crippen LogP contribution is 2.20. The molecule has 2 rings (SSSR count). The molecule has 0 saturated heterocycles. The van der Waals surface area contributed by atoms with E-state index in [0.29, 0.717) is 5.56 Å². The molecule has 0 aromatic heterocycles. The second kappa shape index (κ2) is 7.82. The Balaban J connectivity index is 1.94. The fourth-order valence-corrected chi connectivity index (χ4v) is 2.04. The van der Waals surface area contributed by atoms with Gasteiger partial charge in [0.1, 0.15) is 0 Å². The van der Waals surface area contributed by atoms with Crippen LogP contribution in [0.2, 0.25) is 0 Å². The molecule has 0 spiro atoms. The lowest BCUT2D eigenvalue weighted by Gasteiger charge is -2.15. The Hall–Kier alpha value is -2.04. The van der Waals surface area contributed by atoms with Crippen LogP contribution in [0.4, 0.5) is 5.69 Å². The zero-order valence-electron chi connectivity index (χ0n) is 13.2. The van der Waals surface area contributed by atoms with Gasteiger partial charge >= 0.3 is 5.97 Å². The maximum atomic E-state index is 12.3. The van der Waals surface area contributed by atoms with E-state index in [1.165, 1.54) is 0 Å². The van der Waals surface area contributed by atoms with Crippen LogP contribution in [-0.2, 0) is 9.53 Å². The monoisotopic (exact) mass is 304 g/mol. The highest BCUT2D eigenvalue weighted by Gasteiger charge is 2.27. The molecule has 0 unspecified atom stereocenters. The van der Waals surface area contributed by atoms with Gasteiger partial charge in [-0.15, -0.1) is 0 Å². The Morgan fingerprint density at radius 3 is 2.73 bits per heavy atom. The number of unbranched alkanes of at least 4 members (excludes halogenated alkanes) is 1. The number of nitrogens with one attached hydrogen (secondary N) is 2. The van der Waals surface area contributed by atoms with E-state index in [-0.39, 0.29) is 11.9 Å². The summed E-state index contributed by atoms with van der Waals surface area (Å²) in [5.41, 5.74) is 1.21. The van der Waals surface area contributed by atoms with Crippen molar-refractivity contribution < 1.29 is 14.3 Å². The summed E-state index contributed by atoms with van der Waals surface area (Å²) >= 11 is 0. The van der Waals surface area contributed by atoms with Crippen molar-refractivity contribution in [2.24, 2.45) is 0 Å². The third-order valence-corrected chi connectivity index (χ3v) is 3.57. The average Bonchev–Trinajstić information content (AvgIpc) is 3.31. The standard InChI is InChI=1S/C17H24N2O3/c1-3-4-11-18-15-8-6-5-7-14(15)17(21)22-12(2)16(20)19-13-9-10-13/h5-8,12-13,18H,3-4,9-11H2,1-2H3,(H,19,20)/t12-/m1/s1. The molecule has 120 valence electrons. The normalized spacial score (nSPS) is 15.0. The number of para-hydroxylation sites is 1. The first-order valence-electron chi connectivity index (χ1n) is 7.96. The van der Waals surface area contributed by atoms with Gasteiger partial charge in [0.2, 0.25) is 0 Å². The van der Waals surface area contributed by atoms with Gasteiger partial charge < -0.3 is 15.4 Å². The molecule has 1 aliphatic carbocycles. The van der Waals surface area contributed by atoms with E-state index >= 15 is 0 Å². The summed E-state index contributed by atoms with van der Waals surface area (Å²) in [5, 5.41) is 6.07.